The zero-order valence-corrected chi connectivity index (χ0v) is 28.9. The number of hydrogen-bond acceptors (Lipinski definition) is 16. The van der Waals surface area contributed by atoms with Crippen LogP contribution in [0.25, 0.3) is 11.2 Å². The van der Waals surface area contributed by atoms with Crippen LogP contribution in [0, 0.1) is 0 Å². The van der Waals surface area contributed by atoms with Gasteiger partial charge in [0.05, 0.1) is 12.9 Å². The summed E-state index contributed by atoms with van der Waals surface area (Å²) in [7, 11) is 1.32. The third-order valence-electron chi connectivity index (χ3n) is 8.23. The quantitative estimate of drug-likeness (QED) is 0.0837. The first-order chi connectivity index (χ1) is 24.6. The first kappa shape index (κ1) is 36.8. The normalized spacial score (nSPS) is 26.0. The van der Waals surface area contributed by atoms with Crippen LogP contribution >= 0.6 is 18.2 Å². The highest BCUT2D eigenvalue weighted by Gasteiger charge is 2.52. The summed E-state index contributed by atoms with van der Waals surface area (Å²) in [6, 6.07) is 9.88. The summed E-state index contributed by atoms with van der Waals surface area (Å²) in [5.74, 6) is 0.164. The maximum atomic E-state index is 14.6. The average molecular weight is 749 g/mol. The van der Waals surface area contributed by atoms with Gasteiger partial charge in [0.25, 0.3) is 11.5 Å². The van der Waals surface area contributed by atoms with Crippen molar-refractivity contribution >= 4 is 41.1 Å². The lowest BCUT2D eigenvalue weighted by atomic mass is 10.1. The number of amides is 1. The first-order valence-electron chi connectivity index (χ1n) is 15.9. The number of unbranched alkanes of at least 4 members (excludes halogenated alkanes) is 1. The van der Waals surface area contributed by atoms with Crippen molar-refractivity contribution in [2.75, 3.05) is 31.7 Å². The van der Waals surface area contributed by atoms with E-state index in [1.807, 2.05) is 6.07 Å². The summed E-state index contributed by atoms with van der Waals surface area (Å²) in [5.41, 5.74) is 5.71. The predicted molar refractivity (Wildman–Crippen MR) is 181 cm³/mol. The number of nitrogens with zero attached hydrogens (tertiary/aromatic N) is 5. The van der Waals surface area contributed by atoms with E-state index in [1.54, 1.807) is 28.8 Å². The first-order valence-corrected chi connectivity index (χ1v) is 19.1. The van der Waals surface area contributed by atoms with E-state index in [1.165, 1.54) is 26.0 Å². The van der Waals surface area contributed by atoms with Gasteiger partial charge in [-0.05, 0) is 36.4 Å². The molecule has 1 amide bonds. The molecule has 2 saturated heterocycles. The molecule has 21 heteroatoms. The number of carbonyl (C=O) groups is 1. The molecule has 274 valence electrons. The number of H-pyrrole nitrogens is 1. The Labute approximate surface area is 293 Å². The molecular formula is C30H37N8O11PS. The fraction of sp³-hybridized carbons (Fsp3) is 0.467. The third-order valence-corrected chi connectivity index (χ3v) is 12.0. The molecule has 8 atom stereocenters. The molecule has 0 bridgehead atoms. The molecule has 0 aliphatic carbocycles. The number of ether oxygens (including phenoxy) is 3. The lowest BCUT2D eigenvalue weighted by Crippen LogP contribution is -2.40. The van der Waals surface area contributed by atoms with Crippen molar-refractivity contribution in [3.63, 3.8) is 0 Å². The number of benzene rings is 1. The highest BCUT2D eigenvalue weighted by molar-refractivity contribution is 8.55. The maximum absolute atomic E-state index is 14.6. The molecule has 0 spiro atoms. The lowest BCUT2D eigenvalue weighted by molar-refractivity contribution is -0.131. The van der Waals surface area contributed by atoms with Gasteiger partial charge in [0.15, 0.2) is 24.0 Å². The fourth-order valence-corrected chi connectivity index (χ4v) is 9.42. The highest BCUT2D eigenvalue weighted by atomic mass is 32.7. The van der Waals surface area contributed by atoms with Gasteiger partial charge in [0, 0.05) is 43.7 Å². The van der Waals surface area contributed by atoms with Gasteiger partial charge < -0.3 is 35.5 Å². The molecule has 3 aromatic heterocycles. The second-order valence-corrected chi connectivity index (χ2v) is 15.7. The summed E-state index contributed by atoms with van der Waals surface area (Å²) in [6.07, 6.45) is -3.32. The molecule has 19 nitrogen and oxygen atoms in total. The van der Waals surface area contributed by atoms with Gasteiger partial charge in [-0.3, -0.25) is 32.8 Å². The summed E-state index contributed by atoms with van der Waals surface area (Å²) < 4.78 is 46.8. The van der Waals surface area contributed by atoms with E-state index in [0.717, 1.165) is 22.0 Å². The molecule has 2 aliphatic heterocycles. The number of aliphatic hydroxyl groups excluding tert-OH is 2. The second kappa shape index (κ2) is 16.1. The minimum atomic E-state index is -4.31. The Morgan fingerprint density at radius 1 is 1.12 bits per heavy atom. The zero-order valence-electron chi connectivity index (χ0n) is 27.2. The minimum absolute atomic E-state index is 0.00944. The number of aromatic amines is 1. The molecule has 0 saturated carbocycles. The number of hydrogen-bond donors (Lipinski definition) is 5. The Balaban J connectivity index is 1.18. The topological polar surface area (TPSA) is 257 Å². The van der Waals surface area contributed by atoms with Crippen LogP contribution in [-0.2, 0) is 27.8 Å². The summed E-state index contributed by atoms with van der Waals surface area (Å²) in [6.45, 7) is -4.58. The van der Waals surface area contributed by atoms with E-state index in [-0.39, 0.29) is 23.9 Å². The number of anilines is 1. The molecule has 0 radical (unpaired) electrons. The number of rotatable bonds is 15. The number of nitrogens with one attached hydrogen (secondary N) is 2. The number of aliphatic hydroxyl groups is 2. The van der Waals surface area contributed by atoms with Gasteiger partial charge in [-0.1, -0.05) is 18.2 Å². The summed E-state index contributed by atoms with van der Waals surface area (Å²) >= 11 is 0.827. The van der Waals surface area contributed by atoms with E-state index in [0.29, 0.717) is 36.1 Å². The van der Waals surface area contributed by atoms with Crippen LogP contribution in [0.3, 0.4) is 0 Å². The zero-order chi connectivity index (χ0) is 36.1. The van der Waals surface area contributed by atoms with Crippen molar-refractivity contribution in [1.82, 2.24) is 34.4 Å². The number of methoxy groups -OCH3 is 1. The Morgan fingerprint density at radius 3 is 2.67 bits per heavy atom. The van der Waals surface area contributed by atoms with Crippen LogP contribution in [0.15, 0.2) is 64.8 Å². The molecule has 4 aromatic rings. The fourth-order valence-electron chi connectivity index (χ4n) is 5.72. The second-order valence-electron chi connectivity index (χ2n) is 11.6. The van der Waals surface area contributed by atoms with E-state index >= 15 is 0 Å². The number of nitrogens with two attached hydrogens (primary N) is 1. The van der Waals surface area contributed by atoms with Crippen LogP contribution < -0.4 is 22.3 Å². The Bertz CT molecular complexity index is 1980. The van der Waals surface area contributed by atoms with Crippen molar-refractivity contribution in [3.05, 3.63) is 81.7 Å². The van der Waals surface area contributed by atoms with E-state index < -0.39 is 67.8 Å². The number of imidazole rings is 1. The SMILES string of the molecule is CO[C@@H]1C(OP(=O)(O[C@H]2O[C@@H](n3cnc4c(N)ncnc43)CC2O)SCCCCNC(=O)c2ccccc2)[C@@H](CO)O[C@H]1n1ccc(=O)[nH]c1=O. The third kappa shape index (κ3) is 8.24. The Hall–Kier alpha value is -3.98. The Morgan fingerprint density at radius 2 is 1.92 bits per heavy atom. The van der Waals surface area contributed by atoms with E-state index in [2.05, 4.69) is 25.3 Å². The molecular weight excluding hydrogens is 711 g/mol. The molecule has 2 fully saturated rings. The van der Waals surface area contributed by atoms with Gasteiger partial charge in [0.1, 0.15) is 42.5 Å². The van der Waals surface area contributed by atoms with Crippen LogP contribution in [0.5, 0.6) is 0 Å². The molecule has 3 unspecified atom stereocenters. The highest BCUT2D eigenvalue weighted by Crippen LogP contribution is 2.64. The average Bonchev–Trinajstić information content (AvgIpc) is 3.81. The molecule has 2 aliphatic rings. The smallest absolute Gasteiger partial charge is 0.391 e. The van der Waals surface area contributed by atoms with Gasteiger partial charge in [-0.25, -0.2) is 24.3 Å². The van der Waals surface area contributed by atoms with Gasteiger partial charge >= 0.3 is 12.5 Å². The molecule has 6 rings (SSSR count). The molecule has 51 heavy (non-hydrogen) atoms. The van der Waals surface area contributed by atoms with E-state index in [4.69, 9.17) is 29.0 Å². The minimum Gasteiger partial charge on any atom is -0.394 e. The van der Waals surface area contributed by atoms with Gasteiger partial charge in [0.2, 0.25) is 0 Å². The van der Waals surface area contributed by atoms with E-state index in [9.17, 15) is 29.2 Å². The lowest BCUT2D eigenvalue weighted by Gasteiger charge is -2.29. The monoisotopic (exact) mass is 748 g/mol. The summed E-state index contributed by atoms with van der Waals surface area (Å²) in [4.78, 5) is 51.2. The van der Waals surface area contributed by atoms with Crippen LogP contribution in [-0.4, -0.2) is 102 Å². The molecule has 1 aromatic carbocycles. The van der Waals surface area contributed by atoms with Gasteiger partial charge in [-0.2, -0.15) is 0 Å². The van der Waals surface area contributed by atoms with Crippen molar-refractivity contribution in [1.29, 1.82) is 0 Å². The van der Waals surface area contributed by atoms with Crippen molar-refractivity contribution in [3.8, 4) is 0 Å². The standard InChI is InChI=1S/C30H37N8O11PS/c1-45-24-23(19(14-39)46-28(24)37-11-9-20(41)36-30(37)43)48-50(44,51-12-6-5-10-32-27(42)17-7-3-2-4-8-17)49-29-18(40)13-21(47-29)38-16-35-22-25(31)33-15-34-26(22)38/h2-4,7-9,11,15-16,18-19,21,23-24,28-29,39-40H,5-6,10,12-14H2,1H3,(H,32,42)(H2,31,33,34)(H,36,41,43)/t18?,19-,21-,23?,24-,28-,29-,50?/m1/s1. The number of aromatic nitrogens is 6. The van der Waals surface area contributed by atoms with Crippen molar-refractivity contribution in [2.45, 2.75) is 62.4 Å². The van der Waals surface area contributed by atoms with Crippen LogP contribution in [0.2, 0.25) is 0 Å². The van der Waals surface area contributed by atoms with Crippen molar-refractivity contribution in [2.24, 2.45) is 0 Å². The number of carbonyl (C=O) groups excluding carboxylic acids is 1. The van der Waals surface area contributed by atoms with Crippen LogP contribution in [0.1, 0.15) is 42.1 Å². The summed E-state index contributed by atoms with van der Waals surface area (Å²) in [5, 5.41) is 24.1. The number of fused-ring (bicyclic) bond motifs is 1. The van der Waals surface area contributed by atoms with Crippen LogP contribution in [0.4, 0.5) is 5.82 Å². The largest absolute Gasteiger partial charge is 0.394 e. The molecule has 5 heterocycles. The van der Waals surface area contributed by atoms with Crippen molar-refractivity contribution < 1.29 is 42.8 Å². The Kier molecular flexibility index (Phi) is 11.6. The van der Waals surface area contributed by atoms with Gasteiger partial charge in [-0.15, -0.1) is 0 Å². The predicted octanol–water partition coefficient (Wildman–Crippen LogP) is 0.923. The number of nitrogen functional groups attached to an aromatic ring is 1. The maximum Gasteiger partial charge on any atom is 0.391 e. The molecule has 6 N–H and O–H groups in total.